The molecule has 5 nitrogen and oxygen atoms in total. The Morgan fingerprint density at radius 1 is 1.62 bits per heavy atom. The van der Waals surface area contributed by atoms with Crippen LogP contribution in [-0.2, 0) is 10.8 Å². The van der Waals surface area contributed by atoms with Crippen LogP contribution in [0.4, 0.5) is 5.82 Å². The molecule has 6 heteroatoms. The summed E-state index contributed by atoms with van der Waals surface area (Å²) in [6, 6.07) is 2.42. The first-order valence-corrected chi connectivity index (χ1v) is 6.63. The van der Waals surface area contributed by atoms with Crippen molar-refractivity contribution in [2.45, 2.75) is 30.5 Å². The standard InChI is InChI=1S/C10H12N4OS/c1-16(15)10-12-6-7(5-11)9(14-10)13-8-3-2-4-8/h6,8H,2-4H2,1H3,(H,12,13,14)/t16-/m1/s1. The van der Waals surface area contributed by atoms with Gasteiger partial charge in [0.1, 0.15) is 17.5 Å². The highest BCUT2D eigenvalue weighted by Gasteiger charge is 2.19. The highest BCUT2D eigenvalue weighted by atomic mass is 32.2. The van der Waals surface area contributed by atoms with Gasteiger partial charge in [-0.25, -0.2) is 9.97 Å². The van der Waals surface area contributed by atoms with Crippen LogP contribution < -0.4 is 5.32 Å². The van der Waals surface area contributed by atoms with Gasteiger partial charge in [-0.2, -0.15) is 5.26 Å². The summed E-state index contributed by atoms with van der Waals surface area (Å²) in [5, 5.41) is 12.4. The zero-order valence-electron chi connectivity index (χ0n) is 8.93. The number of hydrogen-bond acceptors (Lipinski definition) is 5. The van der Waals surface area contributed by atoms with Crippen molar-refractivity contribution in [3.63, 3.8) is 0 Å². The molecule has 0 saturated heterocycles. The van der Waals surface area contributed by atoms with Gasteiger partial charge < -0.3 is 5.32 Å². The molecule has 0 bridgehead atoms. The Hall–Kier alpha value is -1.48. The Morgan fingerprint density at radius 3 is 2.88 bits per heavy atom. The molecule has 1 atom stereocenters. The lowest BCUT2D eigenvalue weighted by molar-refractivity contribution is 0.444. The summed E-state index contributed by atoms with van der Waals surface area (Å²) in [6.07, 6.45) is 6.34. The van der Waals surface area contributed by atoms with Crippen LogP contribution in [0.15, 0.2) is 11.4 Å². The molecule has 0 amide bonds. The number of nitriles is 1. The lowest BCUT2D eigenvalue weighted by Gasteiger charge is -2.27. The molecule has 1 aromatic heterocycles. The number of rotatable bonds is 3. The van der Waals surface area contributed by atoms with Gasteiger partial charge in [-0.1, -0.05) is 0 Å². The number of anilines is 1. The van der Waals surface area contributed by atoms with Gasteiger partial charge in [0.25, 0.3) is 0 Å². The first kappa shape index (κ1) is 11.0. The Labute approximate surface area is 96.4 Å². The molecule has 1 N–H and O–H groups in total. The highest BCUT2D eigenvalue weighted by molar-refractivity contribution is 7.84. The van der Waals surface area contributed by atoms with E-state index in [9.17, 15) is 4.21 Å². The SMILES string of the molecule is C[S@@](=O)c1ncc(C#N)c(NC2CCC2)n1. The number of hydrogen-bond donors (Lipinski definition) is 1. The Morgan fingerprint density at radius 2 is 2.38 bits per heavy atom. The van der Waals surface area contributed by atoms with Crippen LogP contribution in [0.25, 0.3) is 0 Å². The van der Waals surface area contributed by atoms with Crippen LogP contribution in [0.2, 0.25) is 0 Å². The van der Waals surface area contributed by atoms with Crippen molar-refractivity contribution in [1.29, 1.82) is 5.26 Å². The molecular formula is C10H12N4OS. The lowest BCUT2D eigenvalue weighted by Crippen LogP contribution is -2.28. The van der Waals surface area contributed by atoms with Crippen LogP contribution in [0.1, 0.15) is 24.8 Å². The van der Waals surface area contributed by atoms with Gasteiger partial charge in [-0.05, 0) is 19.3 Å². The molecule has 0 radical (unpaired) electrons. The zero-order chi connectivity index (χ0) is 11.5. The molecular weight excluding hydrogens is 224 g/mol. The first-order chi connectivity index (χ1) is 7.70. The maximum Gasteiger partial charge on any atom is 0.220 e. The molecule has 16 heavy (non-hydrogen) atoms. The minimum absolute atomic E-state index is 0.265. The summed E-state index contributed by atoms with van der Waals surface area (Å²) in [5.41, 5.74) is 0.404. The van der Waals surface area contributed by atoms with E-state index in [-0.39, 0.29) is 5.16 Å². The van der Waals surface area contributed by atoms with Gasteiger partial charge in [-0.15, -0.1) is 0 Å². The van der Waals surface area contributed by atoms with Gasteiger partial charge in [0.15, 0.2) is 0 Å². The van der Waals surface area contributed by atoms with E-state index in [0.29, 0.717) is 17.4 Å². The second kappa shape index (κ2) is 4.58. The van der Waals surface area contributed by atoms with E-state index in [0.717, 1.165) is 12.8 Å². The molecule has 1 fully saturated rings. The zero-order valence-corrected chi connectivity index (χ0v) is 9.75. The molecule has 84 valence electrons. The summed E-state index contributed by atoms with van der Waals surface area (Å²) < 4.78 is 11.2. The van der Waals surface area contributed by atoms with Crippen LogP contribution in [-0.4, -0.2) is 26.5 Å². The first-order valence-electron chi connectivity index (χ1n) is 5.08. The number of nitrogens with zero attached hydrogens (tertiary/aromatic N) is 3. The topological polar surface area (TPSA) is 78.7 Å². The van der Waals surface area contributed by atoms with Crippen LogP contribution in [0, 0.1) is 11.3 Å². The molecule has 2 rings (SSSR count). The summed E-state index contributed by atoms with van der Waals surface area (Å²) in [7, 11) is -1.22. The quantitative estimate of drug-likeness (QED) is 0.793. The molecule has 0 unspecified atom stereocenters. The minimum atomic E-state index is -1.22. The van der Waals surface area contributed by atoms with Crippen LogP contribution in [0.3, 0.4) is 0 Å². The predicted octanol–water partition coefficient (Wildman–Crippen LogP) is 1.05. The lowest BCUT2D eigenvalue weighted by atomic mass is 9.93. The molecule has 0 aliphatic heterocycles. The maximum atomic E-state index is 11.2. The summed E-state index contributed by atoms with van der Waals surface area (Å²) in [5.74, 6) is 0.507. The normalized spacial score (nSPS) is 17.2. The molecule has 1 aliphatic rings. The molecule has 1 aliphatic carbocycles. The van der Waals surface area contributed by atoms with E-state index in [1.165, 1.54) is 18.9 Å². The summed E-state index contributed by atoms with van der Waals surface area (Å²) in [6.45, 7) is 0. The van der Waals surface area contributed by atoms with E-state index in [4.69, 9.17) is 5.26 Å². The monoisotopic (exact) mass is 236 g/mol. The average Bonchev–Trinajstić information content (AvgIpc) is 2.23. The fourth-order valence-electron chi connectivity index (χ4n) is 1.44. The minimum Gasteiger partial charge on any atom is -0.366 e. The second-order valence-electron chi connectivity index (χ2n) is 3.75. The van der Waals surface area contributed by atoms with Crippen molar-refractivity contribution < 1.29 is 4.21 Å². The fraction of sp³-hybridized carbons (Fsp3) is 0.500. The molecule has 1 aromatic rings. The molecule has 0 aromatic carbocycles. The van der Waals surface area contributed by atoms with Crippen molar-refractivity contribution in [2.24, 2.45) is 0 Å². The van der Waals surface area contributed by atoms with Gasteiger partial charge in [0.05, 0.1) is 17.0 Å². The maximum absolute atomic E-state index is 11.2. The van der Waals surface area contributed by atoms with Gasteiger partial charge in [0, 0.05) is 12.3 Å². The predicted molar refractivity (Wildman–Crippen MR) is 60.3 cm³/mol. The largest absolute Gasteiger partial charge is 0.366 e. The molecule has 1 saturated carbocycles. The van der Waals surface area contributed by atoms with Crippen LogP contribution >= 0.6 is 0 Å². The number of aromatic nitrogens is 2. The number of nitrogens with one attached hydrogen (secondary N) is 1. The third-order valence-corrected chi connectivity index (χ3v) is 3.30. The van der Waals surface area contributed by atoms with Crippen molar-refractivity contribution in [3.8, 4) is 6.07 Å². The van der Waals surface area contributed by atoms with Crippen molar-refractivity contribution >= 4 is 16.6 Å². The van der Waals surface area contributed by atoms with Gasteiger partial charge in [0.2, 0.25) is 5.16 Å². The second-order valence-corrected chi connectivity index (χ2v) is 5.03. The van der Waals surface area contributed by atoms with E-state index in [1.807, 2.05) is 6.07 Å². The van der Waals surface area contributed by atoms with Gasteiger partial charge >= 0.3 is 0 Å². The molecule has 0 spiro atoms. The molecule has 1 heterocycles. The Balaban J connectivity index is 2.27. The highest BCUT2D eigenvalue weighted by Crippen LogP contribution is 2.23. The van der Waals surface area contributed by atoms with E-state index >= 15 is 0 Å². The van der Waals surface area contributed by atoms with Gasteiger partial charge in [-0.3, -0.25) is 4.21 Å². The third-order valence-electron chi connectivity index (χ3n) is 2.59. The Kier molecular flexibility index (Phi) is 3.15. The van der Waals surface area contributed by atoms with E-state index in [2.05, 4.69) is 15.3 Å². The fourth-order valence-corrected chi connectivity index (χ4v) is 1.86. The Bertz CT molecular complexity index is 464. The van der Waals surface area contributed by atoms with Crippen molar-refractivity contribution in [3.05, 3.63) is 11.8 Å². The van der Waals surface area contributed by atoms with Crippen LogP contribution in [0.5, 0.6) is 0 Å². The summed E-state index contributed by atoms with van der Waals surface area (Å²) >= 11 is 0. The smallest absolute Gasteiger partial charge is 0.220 e. The van der Waals surface area contributed by atoms with Crippen molar-refractivity contribution in [2.75, 3.05) is 11.6 Å². The van der Waals surface area contributed by atoms with Crippen molar-refractivity contribution in [1.82, 2.24) is 9.97 Å². The average molecular weight is 236 g/mol. The van der Waals surface area contributed by atoms with E-state index in [1.54, 1.807) is 0 Å². The third kappa shape index (κ3) is 2.19. The van der Waals surface area contributed by atoms with E-state index < -0.39 is 10.8 Å². The summed E-state index contributed by atoms with van der Waals surface area (Å²) in [4.78, 5) is 8.01.